The fourth-order valence-electron chi connectivity index (χ4n) is 8.32. The van der Waals surface area contributed by atoms with Crippen molar-refractivity contribution in [2.24, 2.45) is 5.92 Å². The zero-order chi connectivity index (χ0) is 40.8. The summed E-state index contributed by atoms with van der Waals surface area (Å²) in [6, 6.07) is 7.18. The number of benzene rings is 2. The number of carbonyl (C=O) groups excluding carboxylic acids is 2. The molecule has 3 atom stereocenters. The molecular weight excluding hydrogens is 799 g/mol. The molecule has 1 saturated carbocycles. The normalized spacial score (nSPS) is 20.8. The van der Waals surface area contributed by atoms with E-state index in [1.165, 1.54) is 30.4 Å². The van der Waals surface area contributed by atoms with E-state index < -0.39 is 82.6 Å². The highest BCUT2D eigenvalue weighted by atomic mass is 32.1. The average molecular weight is 832 g/mol. The molecule has 2 aliphatic carbocycles. The van der Waals surface area contributed by atoms with Crippen LogP contribution in [0.25, 0.3) is 21.5 Å². The Morgan fingerprint density at radius 3 is 2.38 bits per heavy atom. The lowest BCUT2D eigenvalue weighted by Gasteiger charge is -2.42. The van der Waals surface area contributed by atoms with Gasteiger partial charge in [-0.05, 0) is 67.1 Å². The number of piperazine rings is 1. The van der Waals surface area contributed by atoms with Gasteiger partial charge in [-0.1, -0.05) is 17.4 Å². The highest BCUT2D eigenvalue weighted by Crippen LogP contribution is 2.68. The monoisotopic (exact) mass is 831 g/mol. The number of aromatic nitrogens is 4. The number of pyridine rings is 1. The molecule has 5 heterocycles. The number of ketones is 1. The van der Waals surface area contributed by atoms with Crippen molar-refractivity contribution >= 4 is 38.5 Å². The van der Waals surface area contributed by atoms with E-state index in [2.05, 4.69) is 20.2 Å². The van der Waals surface area contributed by atoms with Crippen molar-refractivity contribution in [1.29, 1.82) is 0 Å². The number of hydrogen-bond donors (Lipinski definition) is 1. The van der Waals surface area contributed by atoms with E-state index in [1.54, 1.807) is 6.07 Å². The maximum Gasteiger partial charge on any atom is 0.435 e. The second-order valence-electron chi connectivity index (χ2n) is 15.1. The van der Waals surface area contributed by atoms with Gasteiger partial charge >= 0.3 is 6.18 Å². The van der Waals surface area contributed by atoms with E-state index >= 15 is 8.78 Å². The molecule has 3 aromatic heterocycles. The number of fused-ring (bicyclic) bond motifs is 4. The Balaban J connectivity index is 1.12. The standard InChI is InChI=1S/C39H33F8N7O3S/c1-18(55)24-11-20(2-3-28(24)42)25-14-30-36(50-37(58-30)53-6-4-52(5-7-53)23-16-57-17-23)49-33(25)29(10-19-8-21(40)12-22(41)9-19)48-31(56)15-54-35-32(34(51-54)39(45,46)47)26-13-27(26)38(35,43)44/h2-3,8-9,11-12,14,23,26-27,29H,4-7,10,13,15-17H2,1H3,(H,48,56)/t26-,27+,29-/m0/s1. The van der Waals surface area contributed by atoms with Crippen LogP contribution in [0.2, 0.25) is 0 Å². The van der Waals surface area contributed by atoms with Crippen LogP contribution in [0.3, 0.4) is 0 Å². The van der Waals surface area contributed by atoms with E-state index in [-0.39, 0.29) is 46.4 Å². The average Bonchev–Trinajstić information content (AvgIpc) is 3.58. The smallest absolute Gasteiger partial charge is 0.378 e. The molecule has 4 aliphatic rings. The van der Waals surface area contributed by atoms with Gasteiger partial charge in [0, 0.05) is 49.3 Å². The van der Waals surface area contributed by atoms with Crippen molar-refractivity contribution in [2.45, 2.75) is 56.4 Å². The number of Topliss-reactive ketones (excluding diaryl/α,β-unsaturated/α-hetero) is 1. The second kappa shape index (κ2) is 14.1. The fraction of sp³-hybridized carbons (Fsp3) is 0.410. The Labute approximate surface area is 328 Å². The number of nitrogens with one attached hydrogen (secondary N) is 1. The van der Waals surface area contributed by atoms with Crippen molar-refractivity contribution in [2.75, 3.05) is 44.3 Å². The molecule has 10 nitrogen and oxygen atoms in total. The molecule has 2 aliphatic heterocycles. The highest BCUT2D eigenvalue weighted by molar-refractivity contribution is 7.22. The van der Waals surface area contributed by atoms with Gasteiger partial charge in [-0.3, -0.25) is 19.2 Å². The van der Waals surface area contributed by atoms with Crippen molar-refractivity contribution in [1.82, 2.24) is 30.0 Å². The predicted octanol–water partition coefficient (Wildman–Crippen LogP) is 7.02. The van der Waals surface area contributed by atoms with Gasteiger partial charge in [0.25, 0.3) is 5.92 Å². The Bertz CT molecular complexity index is 2460. The molecule has 1 amide bonds. The first-order valence-corrected chi connectivity index (χ1v) is 19.4. The largest absolute Gasteiger partial charge is 0.435 e. The number of carbonyl (C=O) groups is 2. The summed E-state index contributed by atoms with van der Waals surface area (Å²) in [5, 5.41) is 6.75. The van der Waals surface area contributed by atoms with E-state index in [0.717, 1.165) is 31.3 Å². The molecule has 19 heteroatoms. The molecule has 1 N–H and O–H groups in total. The van der Waals surface area contributed by atoms with Gasteiger partial charge in [-0.15, -0.1) is 0 Å². The summed E-state index contributed by atoms with van der Waals surface area (Å²) in [5.74, 6) is -10.3. The van der Waals surface area contributed by atoms with Crippen molar-refractivity contribution < 1.29 is 49.4 Å². The van der Waals surface area contributed by atoms with E-state index in [0.29, 0.717) is 52.9 Å². The molecule has 2 aromatic carbocycles. The van der Waals surface area contributed by atoms with Gasteiger partial charge in [-0.25, -0.2) is 18.2 Å². The molecule has 2 saturated heterocycles. The van der Waals surface area contributed by atoms with Gasteiger partial charge in [0.05, 0.1) is 41.3 Å². The zero-order valence-corrected chi connectivity index (χ0v) is 31.4. The summed E-state index contributed by atoms with van der Waals surface area (Å²) < 4.78 is 123. The molecule has 0 unspecified atom stereocenters. The number of anilines is 1. The van der Waals surface area contributed by atoms with Crippen LogP contribution in [0.15, 0.2) is 42.5 Å². The molecule has 9 rings (SSSR count). The number of ether oxygens (including phenoxy) is 1. The summed E-state index contributed by atoms with van der Waals surface area (Å²) in [6.07, 6.45) is -5.54. The van der Waals surface area contributed by atoms with Crippen LogP contribution in [0.1, 0.15) is 63.9 Å². The Kier molecular flexibility index (Phi) is 9.35. The van der Waals surface area contributed by atoms with Crippen molar-refractivity contribution in [3.8, 4) is 11.1 Å². The first-order chi connectivity index (χ1) is 27.5. The third kappa shape index (κ3) is 6.89. The summed E-state index contributed by atoms with van der Waals surface area (Å²) in [6.45, 7) is 4.35. The van der Waals surface area contributed by atoms with Gasteiger partial charge in [0.1, 0.15) is 29.7 Å². The van der Waals surface area contributed by atoms with Crippen LogP contribution in [-0.4, -0.2) is 81.8 Å². The number of amides is 1. The second-order valence-corrected chi connectivity index (χ2v) is 16.2. The number of alkyl halides is 5. The minimum atomic E-state index is -5.06. The van der Waals surface area contributed by atoms with Crippen molar-refractivity contribution in [3.63, 3.8) is 0 Å². The van der Waals surface area contributed by atoms with Crippen LogP contribution in [0.4, 0.5) is 40.3 Å². The molecule has 5 aromatic rings. The fourth-order valence-corrected chi connectivity index (χ4v) is 9.32. The lowest BCUT2D eigenvalue weighted by atomic mass is 9.94. The quantitative estimate of drug-likeness (QED) is 0.118. The number of thiazole rings is 1. The van der Waals surface area contributed by atoms with Crippen molar-refractivity contribution in [3.05, 3.63) is 93.7 Å². The minimum absolute atomic E-state index is 0.0406. The number of hydrogen-bond acceptors (Lipinski definition) is 9. The number of nitrogens with zero attached hydrogens (tertiary/aromatic N) is 6. The molecule has 0 radical (unpaired) electrons. The predicted molar refractivity (Wildman–Crippen MR) is 194 cm³/mol. The topological polar surface area (TPSA) is 105 Å². The molecular formula is C39H33F8N7O3S. The third-order valence-corrected chi connectivity index (χ3v) is 12.4. The molecule has 0 spiro atoms. The molecule has 0 bridgehead atoms. The Morgan fingerprint density at radius 1 is 1.00 bits per heavy atom. The molecule has 58 heavy (non-hydrogen) atoms. The van der Waals surface area contributed by atoms with E-state index in [4.69, 9.17) is 14.7 Å². The Morgan fingerprint density at radius 2 is 1.72 bits per heavy atom. The highest BCUT2D eigenvalue weighted by Gasteiger charge is 2.68. The van der Waals surface area contributed by atoms with Gasteiger partial charge < -0.3 is 15.0 Å². The summed E-state index contributed by atoms with van der Waals surface area (Å²) in [7, 11) is 0. The summed E-state index contributed by atoms with van der Waals surface area (Å²) in [4.78, 5) is 40.4. The van der Waals surface area contributed by atoms with Gasteiger partial charge in [-0.2, -0.15) is 32.0 Å². The molecule has 3 fully saturated rings. The van der Waals surface area contributed by atoms with Crippen LogP contribution in [0, 0.1) is 23.4 Å². The van der Waals surface area contributed by atoms with E-state index in [9.17, 15) is 35.9 Å². The summed E-state index contributed by atoms with van der Waals surface area (Å²) in [5.41, 5.74) is -2.44. The van der Waals surface area contributed by atoms with Gasteiger partial charge in [0.2, 0.25) is 5.91 Å². The van der Waals surface area contributed by atoms with E-state index in [1.807, 2.05) is 0 Å². The van der Waals surface area contributed by atoms with Gasteiger partial charge in [0.15, 0.2) is 22.3 Å². The zero-order valence-electron chi connectivity index (χ0n) is 30.6. The number of rotatable bonds is 10. The lowest BCUT2D eigenvalue weighted by Crippen LogP contribution is -2.56. The first-order valence-electron chi connectivity index (χ1n) is 18.5. The molecule has 304 valence electrons. The Hall–Kier alpha value is -5.01. The lowest BCUT2D eigenvalue weighted by molar-refractivity contribution is -0.142. The SMILES string of the molecule is CC(=O)c1cc(-c2cc3sc(N4CCN(C5COC5)CC4)nc3nc2[C@H](Cc2cc(F)cc(F)c2)NC(=O)Cn2nc(C(F)(F)F)c3c2C(F)(F)[C@@H]2C[C@H]32)ccc1F. The third-order valence-electron chi connectivity index (χ3n) is 11.3. The first kappa shape index (κ1) is 38.5. The van der Waals surface area contributed by atoms with Crippen LogP contribution < -0.4 is 10.2 Å². The maximum absolute atomic E-state index is 15.4. The van der Waals surface area contributed by atoms with Crippen LogP contribution >= 0.6 is 11.3 Å². The van der Waals surface area contributed by atoms with Crippen LogP contribution in [0.5, 0.6) is 0 Å². The minimum Gasteiger partial charge on any atom is -0.378 e. The summed E-state index contributed by atoms with van der Waals surface area (Å²) >= 11 is 1.33. The number of halogens is 8. The van der Waals surface area contributed by atoms with Crippen LogP contribution in [-0.2, 0) is 34.6 Å². The maximum atomic E-state index is 15.4.